The molecule has 0 saturated carbocycles. The van der Waals surface area contributed by atoms with E-state index in [1.807, 2.05) is 20.8 Å². The zero-order valence-electron chi connectivity index (χ0n) is 12.2. The fourth-order valence-electron chi connectivity index (χ4n) is 1.50. The number of nitrogens with one attached hydrogen (secondary N) is 2. The quantitative estimate of drug-likeness (QED) is 0.695. The molecule has 0 radical (unpaired) electrons. The molecule has 0 aromatic carbocycles. The van der Waals surface area contributed by atoms with E-state index in [0.29, 0.717) is 4.88 Å². The first-order valence-electron chi connectivity index (χ1n) is 6.29. The highest BCUT2D eigenvalue weighted by molar-refractivity contribution is 7.12. The molecule has 2 amide bonds. The molecule has 0 aliphatic heterocycles. The molecular formula is C13H19N3O4S. The molecule has 0 atom stereocenters. The summed E-state index contributed by atoms with van der Waals surface area (Å²) in [6.07, 6.45) is 0. The first-order chi connectivity index (χ1) is 9.70. The number of rotatable bonds is 5. The molecule has 7 nitrogen and oxygen atoms in total. The van der Waals surface area contributed by atoms with Crippen molar-refractivity contribution in [2.45, 2.75) is 26.3 Å². The van der Waals surface area contributed by atoms with Crippen LogP contribution in [0.4, 0.5) is 0 Å². The van der Waals surface area contributed by atoms with E-state index in [4.69, 9.17) is 5.11 Å². The fraction of sp³-hybridized carbons (Fsp3) is 0.462. The predicted molar refractivity (Wildman–Crippen MR) is 78.9 cm³/mol. The second kappa shape index (κ2) is 7.19. The lowest BCUT2D eigenvalue weighted by Gasteiger charge is -2.33. The minimum atomic E-state index is -1.01. The van der Waals surface area contributed by atoms with Crippen molar-refractivity contribution in [3.05, 3.63) is 22.4 Å². The van der Waals surface area contributed by atoms with Gasteiger partial charge >= 0.3 is 5.97 Å². The average Bonchev–Trinajstić information content (AvgIpc) is 2.87. The maximum Gasteiger partial charge on any atom is 0.317 e. The van der Waals surface area contributed by atoms with Crippen LogP contribution in [0, 0.1) is 0 Å². The normalized spacial score (nSPS) is 11.2. The topological polar surface area (TPSA) is 98.7 Å². The summed E-state index contributed by atoms with van der Waals surface area (Å²) >= 11 is 1.26. The number of aliphatic carboxylic acids is 1. The number of carbonyl (C=O) groups is 3. The van der Waals surface area contributed by atoms with Crippen molar-refractivity contribution in [1.82, 2.24) is 15.8 Å². The average molecular weight is 313 g/mol. The molecule has 8 heteroatoms. The van der Waals surface area contributed by atoms with Crippen LogP contribution in [0.1, 0.15) is 30.4 Å². The Balaban J connectivity index is 2.50. The molecule has 1 heterocycles. The fourth-order valence-corrected chi connectivity index (χ4v) is 2.12. The molecule has 0 bridgehead atoms. The Hall–Kier alpha value is -1.93. The molecule has 1 aromatic rings. The minimum Gasteiger partial charge on any atom is -0.480 e. The minimum absolute atomic E-state index is 0.124. The van der Waals surface area contributed by atoms with Gasteiger partial charge < -0.3 is 5.11 Å². The largest absolute Gasteiger partial charge is 0.480 e. The Morgan fingerprint density at radius 2 is 1.90 bits per heavy atom. The summed E-state index contributed by atoms with van der Waals surface area (Å²) in [6.45, 7) is 5.06. The highest BCUT2D eigenvalue weighted by Gasteiger charge is 2.25. The summed E-state index contributed by atoms with van der Waals surface area (Å²) in [5.41, 5.74) is 4.09. The van der Waals surface area contributed by atoms with Crippen molar-refractivity contribution in [3.8, 4) is 0 Å². The van der Waals surface area contributed by atoms with Crippen LogP contribution in [0.25, 0.3) is 0 Å². The Morgan fingerprint density at radius 3 is 2.38 bits per heavy atom. The van der Waals surface area contributed by atoms with Gasteiger partial charge in [-0.2, -0.15) is 0 Å². The van der Waals surface area contributed by atoms with Gasteiger partial charge in [0.2, 0.25) is 0 Å². The standard InChI is InChI=1S/C13H19N3O4S/c1-13(2,3)16(8-11(18)19)7-10(17)14-15-12(20)9-5-4-6-21-9/h4-6H,7-8H2,1-3H3,(H,14,17)(H,15,20)(H,18,19). The van der Waals surface area contributed by atoms with Crippen molar-refractivity contribution < 1.29 is 19.5 Å². The number of hydrogen-bond acceptors (Lipinski definition) is 5. The van der Waals surface area contributed by atoms with Crippen molar-refractivity contribution >= 4 is 29.1 Å². The summed E-state index contributed by atoms with van der Waals surface area (Å²) in [7, 11) is 0. The molecule has 0 fully saturated rings. The van der Waals surface area contributed by atoms with Gasteiger partial charge in [-0.05, 0) is 32.2 Å². The van der Waals surface area contributed by atoms with Crippen LogP contribution in [-0.2, 0) is 9.59 Å². The zero-order chi connectivity index (χ0) is 16.0. The predicted octanol–water partition coefficient (Wildman–Crippen LogP) is 0.694. The lowest BCUT2D eigenvalue weighted by atomic mass is 10.1. The smallest absolute Gasteiger partial charge is 0.317 e. The van der Waals surface area contributed by atoms with Crippen LogP contribution in [-0.4, -0.2) is 46.4 Å². The maximum atomic E-state index is 11.8. The second-order valence-corrected chi connectivity index (χ2v) is 6.35. The van der Waals surface area contributed by atoms with Gasteiger partial charge in [0.1, 0.15) is 0 Å². The Kier molecular flexibility index (Phi) is 5.86. The van der Waals surface area contributed by atoms with Crippen LogP contribution >= 0.6 is 11.3 Å². The lowest BCUT2D eigenvalue weighted by Crippen LogP contribution is -2.52. The molecule has 21 heavy (non-hydrogen) atoms. The molecule has 0 unspecified atom stereocenters. The third-order valence-electron chi connectivity index (χ3n) is 2.67. The van der Waals surface area contributed by atoms with Crippen LogP contribution in [0.2, 0.25) is 0 Å². The number of nitrogens with zero attached hydrogens (tertiary/aromatic N) is 1. The molecule has 1 rings (SSSR count). The molecule has 0 saturated heterocycles. The van der Waals surface area contributed by atoms with E-state index in [1.54, 1.807) is 17.5 Å². The summed E-state index contributed by atoms with van der Waals surface area (Å²) in [5, 5.41) is 10.6. The highest BCUT2D eigenvalue weighted by atomic mass is 32.1. The van der Waals surface area contributed by atoms with Crippen molar-refractivity contribution in [3.63, 3.8) is 0 Å². The summed E-state index contributed by atoms with van der Waals surface area (Å²) in [6, 6.07) is 3.37. The molecule has 0 aliphatic carbocycles. The second-order valence-electron chi connectivity index (χ2n) is 5.40. The van der Waals surface area contributed by atoms with Gasteiger partial charge in [-0.25, -0.2) is 0 Å². The van der Waals surface area contributed by atoms with E-state index in [-0.39, 0.29) is 13.1 Å². The number of carboxylic acids is 1. The number of hydrogen-bond donors (Lipinski definition) is 3. The van der Waals surface area contributed by atoms with Gasteiger partial charge in [0.05, 0.1) is 18.0 Å². The van der Waals surface area contributed by atoms with Gasteiger partial charge in [-0.15, -0.1) is 11.3 Å². The van der Waals surface area contributed by atoms with Gasteiger partial charge in [0.15, 0.2) is 0 Å². The Labute approximate surface area is 126 Å². The summed E-state index contributed by atoms with van der Waals surface area (Å²) < 4.78 is 0. The van der Waals surface area contributed by atoms with Crippen LogP contribution in [0.3, 0.4) is 0 Å². The summed E-state index contributed by atoms with van der Waals surface area (Å²) in [4.78, 5) is 36.2. The highest BCUT2D eigenvalue weighted by Crippen LogP contribution is 2.12. The van der Waals surface area contributed by atoms with Gasteiger partial charge in [0.25, 0.3) is 11.8 Å². The first kappa shape index (κ1) is 17.1. The Morgan fingerprint density at radius 1 is 1.24 bits per heavy atom. The summed E-state index contributed by atoms with van der Waals surface area (Å²) in [5.74, 6) is -1.89. The van der Waals surface area contributed by atoms with E-state index >= 15 is 0 Å². The van der Waals surface area contributed by atoms with Crippen LogP contribution in [0.5, 0.6) is 0 Å². The third kappa shape index (κ3) is 5.92. The molecular weight excluding hydrogens is 294 g/mol. The molecule has 1 aromatic heterocycles. The number of thiophene rings is 1. The van der Waals surface area contributed by atoms with E-state index in [2.05, 4.69) is 10.9 Å². The van der Waals surface area contributed by atoms with Crippen LogP contribution < -0.4 is 10.9 Å². The number of amides is 2. The van der Waals surface area contributed by atoms with Crippen molar-refractivity contribution in [2.75, 3.05) is 13.1 Å². The van der Waals surface area contributed by atoms with Gasteiger partial charge in [-0.3, -0.25) is 30.1 Å². The number of carboxylic acid groups (broad SMARTS) is 1. The van der Waals surface area contributed by atoms with E-state index in [1.165, 1.54) is 16.2 Å². The lowest BCUT2D eigenvalue weighted by molar-refractivity contribution is -0.140. The van der Waals surface area contributed by atoms with Gasteiger partial charge in [-0.1, -0.05) is 6.07 Å². The first-order valence-corrected chi connectivity index (χ1v) is 7.17. The maximum absolute atomic E-state index is 11.8. The Bertz CT molecular complexity index is 508. The number of carbonyl (C=O) groups excluding carboxylic acids is 2. The van der Waals surface area contributed by atoms with Crippen LogP contribution in [0.15, 0.2) is 17.5 Å². The zero-order valence-corrected chi connectivity index (χ0v) is 13.0. The van der Waals surface area contributed by atoms with Gasteiger partial charge in [0, 0.05) is 5.54 Å². The third-order valence-corrected chi connectivity index (χ3v) is 3.54. The van der Waals surface area contributed by atoms with Crippen molar-refractivity contribution in [2.24, 2.45) is 0 Å². The molecule has 116 valence electrons. The van der Waals surface area contributed by atoms with Crippen molar-refractivity contribution in [1.29, 1.82) is 0 Å². The number of hydrazine groups is 1. The van der Waals surface area contributed by atoms with E-state index < -0.39 is 23.3 Å². The molecule has 0 aliphatic rings. The molecule has 0 spiro atoms. The SMILES string of the molecule is CC(C)(C)N(CC(=O)O)CC(=O)NNC(=O)c1cccs1. The van der Waals surface area contributed by atoms with E-state index in [0.717, 1.165) is 0 Å². The van der Waals surface area contributed by atoms with E-state index in [9.17, 15) is 14.4 Å². The monoisotopic (exact) mass is 313 g/mol. The molecule has 3 N–H and O–H groups in total.